The maximum atomic E-state index is 6.73. The summed E-state index contributed by atoms with van der Waals surface area (Å²) >= 11 is 0. The van der Waals surface area contributed by atoms with Crippen LogP contribution in [0.1, 0.15) is 54.4 Å². The van der Waals surface area contributed by atoms with E-state index in [1.54, 1.807) is 0 Å². The Morgan fingerprint density at radius 2 is 1.44 bits per heavy atom. The summed E-state index contributed by atoms with van der Waals surface area (Å²) in [6.07, 6.45) is 2.05. The molecule has 0 radical (unpaired) electrons. The Morgan fingerprint density at radius 3 is 1.88 bits per heavy atom. The summed E-state index contributed by atoms with van der Waals surface area (Å²) in [6.45, 7) is 14.3. The van der Waals surface area contributed by atoms with E-state index in [0.717, 1.165) is 18.0 Å². The van der Waals surface area contributed by atoms with E-state index in [4.69, 9.17) is 13.3 Å². The minimum atomic E-state index is -2.92. The second-order valence-electron chi connectivity index (χ2n) is 8.12. The zero-order valence-corrected chi connectivity index (χ0v) is 18.0. The number of piperidine rings is 1. The summed E-state index contributed by atoms with van der Waals surface area (Å²) in [5.74, 6) is 0. The van der Waals surface area contributed by atoms with Gasteiger partial charge in [-0.15, -0.1) is 0 Å². The largest absolute Gasteiger partial charge is 0.537 e. The molecule has 0 spiro atoms. The van der Waals surface area contributed by atoms with E-state index in [0.29, 0.717) is 13.2 Å². The van der Waals surface area contributed by atoms with Gasteiger partial charge in [0, 0.05) is 29.5 Å². The number of hydrogen-bond donors (Lipinski definition) is 0. The van der Waals surface area contributed by atoms with E-state index in [1.807, 2.05) is 32.0 Å². The summed E-state index contributed by atoms with van der Waals surface area (Å²) in [7, 11) is -0.713. The van der Waals surface area contributed by atoms with Crippen LogP contribution >= 0.6 is 0 Å². The number of hydrogen-bond acceptors (Lipinski definition) is 4. The third-order valence-corrected chi connectivity index (χ3v) is 8.41. The van der Waals surface area contributed by atoms with Gasteiger partial charge in [-0.05, 0) is 61.4 Å². The molecule has 1 aliphatic heterocycles. The quantitative estimate of drug-likeness (QED) is 0.691. The van der Waals surface area contributed by atoms with Crippen molar-refractivity contribution < 1.29 is 13.3 Å². The third kappa shape index (κ3) is 4.52. The molecule has 0 aromatic heterocycles. The van der Waals surface area contributed by atoms with E-state index in [9.17, 15) is 0 Å². The minimum absolute atomic E-state index is 0.0711. The lowest BCUT2D eigenvalue weighted by Gasteiger charge is -2.54. The normalized spacial score (nSPS) is 21.4. The first-order valence-electron chi connectivity index (χ1n) is 9.42. The van der Waals surface area contributed by atoms with Crippen LogP contribution in [0.25, 0.3) is 0 Å². The second kappa shape index (κ2) is 7.88. The number of nitrogens with zero attached hydrogens (tertiary/aromatic N) is 1. The van der Waals surface area contributed by atoms with Crippen molar-refractivity contribution in [1.29, 1.82) is 0 Å². The molecule has 5 heteroatoms. The minimum Gasteiger partial charge on any atom is -0.370 e. The lowest BCUT2D eigenvalue weighted by atomic mass is 9.79. The van der Waals surface area contributed by atoms with Crippen LogP contribution in [-0.2, 0) is 13.3 Å². The molecule has 25 heavy (non-hydrogen) atoms. The summed E-state index contributed by atoms with van der Waals surface area (Å²) in [5.41, 5.74) is 0.142. The molecule has 0 unspecified atom stereocenters. The zero-order chi connectivity index (χ0) is 18.7. The first kappa shape index (κ1) is 20.6. The van der Waals surface area contributed by atoms with Gasteiger partial charge in [0.2, 0.25) is 0 Å². The second-order valence-corrected chi connectivity index (χ2v) is 10.6. The molecule has 4 nitrogen and oxygen atoms in total. The highest BCUT2D eigenvalue weighted by Crippen LogP contribution is 2.39. The maximum Gasteiger partial charge on any atom is 0.537 e. The van der Waals surface area contributed by atoms with Crippen LogP contribution in [0, 0.1) is 0 Å². The van der Waals surface area contributed by atoms with E-state index < -0.39 is 8.80 Å². The maximum absolute atomic E-state index is 6.73. The summed E-state index contributed by atoms with van der Waals surface area (Å²) < 4.78 is 19.1. The van der Waals surface area contributed by atoms with Crippen LogP contribution in [0.3, 0.4) is 0 Å². The average molecular weight is 366 g/mol. The van der Waals surface area contributed by atoms with Gasteiger partial charge in [-0.3, -0.25) is 4.90 Å². The summed E-state index contributed by atoms with van der Waals surface area (Å²) in [6, 6.07) is 10.2. The van der Waals surface area contributed by atoms with Gasteiger partial charge < -0.3 is 13.3 Å². The van der Waals surface area contributed by atoms with Crippen LogP contribution in [0.4, 0.5) is 0 Å². The van der Waals surface area contributed by atoms with E-state index >= 15 is 0 Å². The fourth-order valence-corrected chi connectivity index (χ4v) is 6.60. The van der Waals surface area contributed by atoms with Gasteiger partial charge in [0.15, 0.2) is 0 Å². The predicted octanol–water partition coefficient (Wildman–Crippen LogP) is 3.57. The molecule has 1 aromatic carbocycles. The van der Waals surface area contributed by atoms with Crippen molar-refractivity contribution in [2.45, 2.75) is 71.6 Å². The Labute approximate surface area is 154 Å². The summed E-state index contributed by atoms with van der Waals surface area (Å²) in [5, 5.41) is 1.05. The fourth-order valence-electron chi connectivity index (χ4n) is 3.95. The molecule has 1 fully saturated rings. The van der Waals surface area contributed by atoms with Gasteiger partial charge in [0.1, 0.15) is 0 Å². The van der Waals surface area contributed by atoms with Gasteiger partial charge in [0.05, 0.1) is 6.10 Å². The topological polar surface area (TPSA) is 30.9 Å². The molecule has 1 heterocycles. The molecule has 0 bridgehead atoms. The van der Waals surface area contributed by atoms with Crippen LogP contribution in [0.2, 0.25) is 0 Å². The van der Waals surface area contributed by atoms with Crippen LogP contribution < -0.4 is 5.19 Å². The zero-order valence-electron chi connectivity index (χ0n) is 17.0. The number of benzene rings is 1. The first-order valence-corrected chi connectivity index (χ1v) is 11.1. The highest BCUT2D eigenvalue weighted by Gasteiger charge is 2.50. The van der Waals surface area contributed by atoms with Crippen molar-refractivity contribution in [3.63, 3.8) is 0 Å². The Bertz CT molecular complexity index is 523. The lowest BCUT2D eigenvalue weighted by Crippen LogP contribution is -2.64. The standard InChI is InChI=1S/C20H35NO3Si/c1-8-22-25(23-9-2,18-13-11-10-12-14-18)24-17-15-19(3,4)21(7)20(5,6)16-17/h10-14,17H,8-9,15-16H2,1-7H3. The number of rotatable bonds is 7. The van der Waals surface area contributed by atoms with Crippen molar-refractivity contribution >= 4 is 14.0 Å². The monoisotopic (exact) mass is 365 g/mol. The van der Waals surface area contributed by atoms with E-state index in [-0.39, 0.29) is 17.2 Å². The van der Waals surface area contributed by atoms with E-state index in [1.165, 1.54) is 0 Å². The summed E-state index contributed by atoms with van der Waals surface area (Å²) in [4.78, 5) is 2.47. The fraction of sp³-hybridized carbons (Fsp3) is 0.700. The molecule has 1 aromatic rings. The molecule has 0 amide bonds. The Kier molecular flexibility index (Phi) is 6.49. The highest BCUT2D eigenvalue weighted by atomic mass is 28.4. The van der Waals surface area contributed by atoms with Gasteiger partial charge in [-0.1, -0.05) is 30.3 Å². The smallest absolute Gasteiger partial charge is 0.370 e. The molecule has 1 aliphatic rings. The van der Waals surface area contributed by atoms with Crippen molar-refractivity contribution in [2.75, 3.05) is 20.3 Å². The van der Waals surface area contributed by atoms with Crippen molar-refractivity contribution in [2.24, 2.45) is 0 Å². The van der Waals surface area contributed by atoms with Crippen LogP contribution in [0.5, 0.6) is 0 Å². The molecule has 0 aliphatic carbocycles. The number of likely N-dealkylation sites (tertiary alicyclic amines) is 1. The predicted molar refractivity (Wildman–Crippen MR) is 105 cm³/mol. The van der Waals surface area contributed by atoms with Crippen molar-refractivity contribution in [1.82, 2.24) is 4.90 Å². The molecule has 1 saturated heterocycles. The molecule has 0 saturated carbocycles. The van der Waals surface area contributed by atoms with Gasteiger partial charge in [-0.25, -0.2) is 0 Å². The third-order valence-electron chi connectivity index (χ3n) is 5.39. The first-order chi connectivity index (χ1) is 11.7. The molecule has 0 N–H and O–H groups in total. The molecule has 2 rings (SSSR count). The Balaban J connectivity index is 2.33. The Hall–Kier alpha value is -0.723. The molecular formula is C20H35NO3Si. The lowest BCUT2D eigenvalue weighted by molar-refractivity contribution is -0.0763. The average Bonchev–Trinajstić information content (AvgIpc) is 2.53. The molecule has 142 valence electrons. The van der Waals surface area contributed by atoms with Gasteiger partial charge in [0.25, 0.3) is 0 Å². The van der Waals surface area contributed by atoms with Crippen LogP contribution in [-0.4, -0.2) is 51.1 Å². The Morgan fingerprint density at radius 1 is 0.960 bits per heavy atom. The van der Waals surface area contributed by atoms with Gasteiger partial charge in [-0.2, -0.15) is 0 Å². The van der Waals surface area contributed by atoms with Crippen LogP contribution in [0.15, 0.2) is 30.3 Å². The van der Waals surface area contributed by atoms with Gasteiger partial charge >= 0.3 is 8.80 Å². The van der Waals surface area contributed by atoms with Crippen molar-refractivity contribution in [3.8, 4) is 0 Å². The molecular weight excluding hydrogens is 330 g/mol. The SMILES string of the molecule is CCO[Si](OCC)(OC1CC(C)(C)N(C)C(C)(C)C1)c1ccccc1. The van der Waals surface area contributed by atoms with Crippen molar-refractivity contribution in [3.05, 3.63) is 30.3 Å². The molecule has 0 atom stereocenters. The van der Waals surface area contributed by atoms with E-state index in [2.05, 4.69) is 51.8 Å². The highest BCUT2D eigenvalue weighted by molar-refractivity contribution is 6.75.